The second-order valence-corrected chi connectivity index (χ2v) is 7.30. The smallest absolute Gasteiger partial charge is 0.237 e. The van der Waals surface area contributed by atoms with E-state index in [1.165, 1.54) is 5.56 Å². The van der Waals surface area contributed by atoms with Crippen LogP contribution >= 0.6 is 0 Å². The van der Waals surface area contributed by atoms with Crippen LogP contribution in [0.1, 0.15) is 50.3 Å². The van der Waals surface area contributed by atoms with Crippen LogP contribution in [0.2, 0.25) is 0 Å². The van der Waals surface area contributed by atoms with Gasteiger partial charge in [-0.2, -0.15) is 0 Å². The minimum Gasteiger partial charge on any atom is -0.497 e. The van der Waals surface area contributed by atoms with E-state index in [0.717, 1.165) is 22.6 Å². The molecule has 3 heteroatoms. The van der Waals surface area contributed by atoms with E-state index in [-0.39, 0.29) is 5.91 Å². The first kappa shape index (κ1) is 16.6. The zero-order valence-corrected chi connectivity index (χ0v) is 15.1. The van der Waals surface area contributed by atoms with Crippen LogP contribution in [0.25, 0.3) is 0 Å². The van der Waals surface area contributed by atoms with E-state index >= 15 is 0 Å². The first-order valence-electron chi connectivity index (χ1n) is 8.44. The Morgan fingerprint density at radius 2 is 1.75 bits per heavy atom. The molecule has 1 heterocycles. The maximum absolute atomic E-state index is 13.0. The highest BCUT2D eigenvalue weighted by Gasteiger charge is 2.43. The fourth-order valence-corrected chi connectivity index (χ4v) is 3.29. The van der Waals surface area contributed by atoms with Gasteiger partial charge in [0.25, 0.3) is 0 Å². The van der Waals surface area contributed by atoms with Crippen molar-refractivity contribution in [2.45, 2.75) is 45.6 Å². The Hall–Kier alpha value is -2.29. The lowest BCUT2D eigenvalue weighted by atomic mass is 9.85. The lowest BCUT2D eigenvalue weighted by Gasteiger charge is -2.21. The van der Waals surface area contributed by atoms with E-state index in [1.54, 1.807) is 7.11 Å². The number of carbonyl (C=O) groups excluding carboxylic acids is 1. The van der Waals surface area contributed by atoms with Gasteiger partial charge in [0.1, 0.15) is 5.75 Å². The van der Waals surface area contributed by atoms with Crippen LogP contribution in [0, 0.1) is 0 Å². The first-order chi connectivity index (χ1) is 11.3. The average Bonchev–Trinajstić information content (AvgIpc) is 2.76. The minimum absolute atomic E-state index is 0.161. The molecule has 0 radical (unpaired) electrons. The van der Waals surface area contributed by atoms with Crippen molar-refractivity contribution in [3.8, 4) is 5.75 Å². The molecular weight excluding hydrogens is 298 g/mol. The predicted octanol–water partition coefficient (Wildman–Crippen LogP) is 4.64. The van der Waals surface area contributed by atoms with Gasteiger partial charge in [-0.25, -0.2) is 0 Å². The Labute approximate surface area is 144 Å². The van der Waals surface area contributed by atoms with Gasteiger partial charge in [0.15, 0.2) is 0 Å². The number of nitrogens with zero attached hydrogens (tertiary/aromatic N) is 1. The van der Waals surface area contributed by atoms with Crippen LogP contribution in [0.4, 0.5) is 5.69 Å². The number of rotatable bonds is 4. The average molecular weight is 323 g/mol. The van der Waals surface area contributed by atoms with E-state index < -0.39 is 5.41 Å². The van der Waals surface area contributed by atoms with Gasteiger partial charge in [0.2, 0.25) is 5.91 Å². The van der Waals surface area contributed by atoms with Gasteiger partial charge >= 0.3 is 0 Å². The molecule has 0 fully saturated rings. The largest absolute Gasteiger partial charge is 0.497 e. The molecule has 2 aromatic rings. The summed E-state index contributed by atoms with van der Waals surface area (Å²) in [5, 5.41) is 0. The molecule has 0 N–H and O–H groups in total. The number of anilines is 1. The third kappa shape index (κ3) is 2.68. The Bertz CT molecular complexity index is 760. The van der Waals surface area contributed by atoms with Gasteiger partial charge in [-0.1, -0.05) is 38.1 Å². The second kappa shape index (κ2) is 5.97. The number of ether oxygens (including phenoxy) is 1. The molecule has 1 aliphatic rings. The lowest BCUT2D eigenvalue weighted by molar-refractivity contribution is -0.122. The van der Waals surface area contributed by atoms with Crippen LogP contribution in [-0.2, 0) is 16.8 Å². The summed E-state index contributed by atoms with van der Waals surface area (Å²) in [5.74, 6) is 1.43. The van der Waals surface area contributed by atoms with Crippen molar-refractivity contribution in [1.29, 1.82) is 0 Å². The fourth-order valence-electron chi connectivity index (χ4n) is 3.29. The molecule has 1 amide bonds. The van der Waals surface area contributed by atoms with Crippen LogP contribution in [0.15, 0.2) is 42.5 Å². The van der Waals surface area contributed by atoms with Crippen molar-refractivity contribution in [2.24, 2.45) is 0 Å². The third-order valence-corrected chi connectivity index (χ3v) is 4.93. The van der Waals surface area contributed by atoms with E-state index in [1.807, 2.05) is 43.0 Å². The summed E-state index contributed by atoms with van der Waals surface area (Å²) < 4.78 is 5.21. The number of amides is 1. The molecule has 0 aliphatic carbocycles. The van der Waals surface area contributed by atoms with Crippen molar-refractivity contribution >= 4 is 11.6 Å². The third-order valence-electron chi connectivity index (χ3n) is 4.93. The number of carbonyl (C=O) groups is 1. The van der Waals surface area contributed by atoms with E-state index in [9.17, 15) is 4.79 Å². The molecule has 0 saturated heterocycles. The molecule has 0 unspecified atom stereocenters. The van der Waals surface area contributed by atoms with Gasteiger partial charge in [-0.15, -0.1) is 0 Å². The quantitative estimate of drug-likeness (QED) is 0.820. The van der Waals surface area contributed by atoms with E-state index in [2.05, 4.69) is 32.0 Å². The Morgan fingerprint density at radius 3 is 2.33 bits per heavy atom. The van der Waals surface area contributed by atoms with Crippen LogP contribution in [0.5, 0.6) is 5.75 Å². The summed E-state index contributed by atoms with van der Waals surface area (Å²) in [7, 11) is 1.66. The standard InChI is InChI=1S/C21H25NO2/c1-14(2)16-8-11-18-19(12-16)22(20(23)21(18,3)4)13-15-6-9-17(24-5)10-7-15/h6-12,14H,13H2,1-5H3. The number of hydrogen-bond acceptors (Lipinski definition) is 2. The summed E-state index contributed by atoms with van der Waals surface area (Å²) in [4.78, 5) is 14.9. The van der Waals surface area contributed by atoms with Crippen molar-refractivity contribution in [3.63, 3.8) is 0 Å². The molecule has 0 spiro atoms. The fraction of sp³-hybridized carbons (Fsp3) is 0.381. The molecule has 2 aromatic carbocycles. The maximum atomic E-state index is 13.0. The number of benzene rings is 2. The molecule has 0 aromatic heterocycles. The van der Waals surface area contributed by atoms with Gasteiger partial charge in [-0.3, -0.25) is 4.79 Å². The number of fused-ring (bicyclic) bond motifs is 1. The van der Waals surface area contributed by atoms with E-state index in [4.69, 9.17) is 4.74 Å². The van der Waals surface area contributed by atoms with E-state index in [0.29, 0.717) is 12.5 Å². The summed E-state index contributed by atoms with van der Waals surface area (Å²) in [6.07, 6.45) is 0. The van der Waals surface area contributed by atoms with Crippen molar-refractivity contribution < 1.29 is 9.53 Å². The molecule has 1 aliphatic heterocycles. The molecule has 126 valence electrons. The van der Waals surface area contributed by atoms with Gasteiger partial charge in [0, 0.05) is 5.69 Å². The minimum atomic E-state index is -0.475. The summed E-state index contributed by atoms with van der Waals surface area (Å²) >= 11 is 0. The zero-order valence-electron chi connectivity index (χ0n) is 15.1. The molecule has 3 nitrogen and oxygen atoms in total. The highest BCUT2D eigenvalue weighted by Crippen LogP contribution is 2.43. The normalized spacial score (nSPS) is 15.8. The molecule has 24 heavy (non-hydrogen) atoms. The second-order valence-electron chi connectivity index (χ2n) is 7.30. The topological polar surface area (TPSA) is 29.5 Å². The highest BCUT2D eigenvalue weighted by atomic mass is 16.5. The Kier molecular flexibility index (Phi) is 4.12. The van der Waals surface area contributed by atoms with Crippen molar-refractivity contribution in [3.05, 3.63) is 59.2 Å². The zero-order chi connectivity index (χ0) is 17.5. The summed E-state index contributed by atoms with van der Waals surface area (Å²) in [5.41, 5.74) is 4.05. The monoisotopic (exact) mass is 323 g/mol. The van der Waals surface area contributed by atoms with Gasteiger partial charge in [0.05, 0.1) is 19.1 Å². The maximum Gasteiger partial charge on any atom is 0.237 e. The first-order valence-corrected chi connectivity index (χ1v) is 8.44. The number of hydrogen-bond donors (Lipinski definition) is 0. The molecule has 0 atom stereocenters. The highest BCUT2D eigenvalue weighted by molar-refractivity contribution is 6.07. The molecular formula is C21H25NO2. The summed E-state index contributed by atoms with van der Waals surface area (Å²) in [6, 6.07) is 14.4. The molecule has 0 saturated carbocycles. The SMILES string of the molecule is COc1ccc(CN2C(=O)C(C)(C)c3ccc(C(C)C)cc32)cc1. The van der Waals surface area contributed by atoms with Gasteiger partial charge < -0.3 is 9.64 Å². The van der Waals surface area contributed by atoms with Crippen molar-refractivity contribution in [1.82, 2.24) is 0 Å². The van der Waals surface area contributed by atoms with Crippen LogP contribution in [-0.4, -0.2) is 13.0 Å². The predicted molar refractivity (Wildman–Crippen MR) is 97.7 cm³/mol. The van der Waals surface area contributed by atoms with Crippen molar-refractivity contribution in [2.75, 3.05) is 12.0 Å². The van der Waals surface area contributed by atoms with Crippen LogP contribution < -0.4 is 9.64 Å². The molecule has 3 rings (SSSR count). The molecule has 0 bridgehead atoms. The Balaban J connectivity index is 1.99. The lowest BCUT2D eigenvalue weighted by Crippen LogP contribution is -2.35. The van der Waals surface area contributed by atoms with Crippen LogP contribution in [0.3, 0.4) is 0 Å². The Morgan fingerprint density at radius 1 is 1.08 bits per heavy atom. The summed E-state index contributed by atoms with van der Waals surface area (Å²) in [6.45, 7) is 8.96. The van der Waals surface area contributed by atoms with Gasteiger partial charge in [-0.05, 0) is 54.7 Å². The number of methoxy groups -OCH3 is 1.